The van der Waals surface area contributed by atoms with E-state index in [0.717, 1.165) is 19.0 Å². The fourth-order valence-electron chi connectivity index (χ4n) is 3.69. The van der Waals surface area contributed by atoms with E-state index in [1.807, 2.05) is 18.2 Å². The maximum absolute atomic E-state index is 12.2. The number of para-hydroxylation sites is 2. The molecule has 1 fully saturated rings. The summed E-state index contributed by atoms with van der Waals surface area (Å²) < 4.78 is 5.40. The van der Waals surface area contributed by atoms with E-state index in [4.69, 9.17) is 4.74 Å². The fraction of sp³-hybridized carbons (Fsp3) is 0.579. The van der Waals surface area contributed by atoms with Gasteiger partial charge in [0, 0.05) is 13.0 Å². The van der Waals surface area contributed by atoms with Crippen molar-refractivity contribution in [3.05, 3.63) is 24.3 Å². The molecule has 1 unspecified atom stereocenters. The molecule has 0 aliphatic carbocycles. The van der Waals surface area contributed by atoms with Gasteiger partial charge in [0.2, 0.25) is 5.91 Å². The lowest BCUT2D eigenvalue weighted by molar-refractivity contribution is -0.928. The predicted molar refractivity (Wildman–Crippen MR) is 95.9 cm³/mol. The first kappa shape index (κ1) is 17.7. The van der Waals surface area contributed by atoms with Crippen molar-refractivity contribution in [2.24, 2.45) is 0 Å². The maximum Gasteiger partial charge on any atom is 0.265 e. The summed E-state index contributed by atoms with van der Waals surface area (Å²) in [5.74, 6) is 0.352. The Kier molecular flexibility index (Phi) is 5.91. The lowest BCUT2D eigenvalue weighted by Crippen LogP contribution is -3.16. The van der Waals surface area contributed by atoms with Crippen LogP contribution in [-0.2, 0) is 9.59 Å². The smallest absolute Gasteiger partial charge is 0.265 e. The van der Waals surface area contributed by atoms with E-state index in [9.17, 15) is 9.59 Å². The van der Waals surface area contributed by atoms with Crippen LogP contribution in [-0.4, -0.2) is 50.6 Å². The van der Waals surface area contributed by atoms with Gasteiger partial charge in [-0.2, -0.15) is 0 Å². The Morgan fingerprint density at radius 1 is 1.36 bits per heavy atom. The number of hydrogen-bond acceptors (Lipinski definition) is 3. The fourth-order valence-corrected chi connectivity index (χ4v) is 3.69. The molecular formula is C19H28N3O3+. The molecule has 0 saturated carbocycles. The van der Waals surface area contributed by atoms with Gasteiger partial charge in [-0.05, 0) is 38.3 Å². The molecule has 0 bridgehead atoms. The summed E-state index contributed by atoms with van der Waals surface area (Å²) in [6, 6.07) is 8.05. The normalized spacial score (nSPS) is 22.9. The molecular weight excluding hydrogens is 318 g/mol. The molecule has 2 atom stereocenters. The van der Waals surface area contributed by atoms with Gasteiger partial charge in [-0.15, -0.1) is 0 Å². The number of fused-ring (bicyclic) bond motifs is 1. The molecule has 2 N–H and O–H groups in total. The van der Waals surface area contributed by atoms with Crippen molar-refractivity contribution in [1.82, 2.24) is 5.32 Å². The van der Waals surface area contributed by atoms with Crippen LogP contribution in [0.3, 0.4) is 0 Å². The number of hydrogen-bond donors (Lipinski definition) is 2. The van der Waals surface area contributed by atoms with E-state index >= 15 is 0 Å². The molecule has 0 radical (unpaired) electrons. The molecule has 2 aliphatic heterocycles. The van der Waals surface area contributed by atoms with Crippen molar-refractivity contribution in [1.29, 1.82) is 0 Å². The number of anilines is 1. The number of ether oxygens (including phenoxy) is 1. The number of benzene rings is 1. The summed E-state index contributed by atoms with van der Waals surface area (Å²) in [6.07, 6.45) is 4.93. The molecule has 25 heavy (non-hydrogen) atoms. The first-order valence-corrected chi connectivity index (χ1v) is 9.28. The number of amides is 2. The third-order valence-corrected chi connectivity index (χ3v) is 5.19. The molecule has 0 spiro atoms. The average molecular weight is 346 g/mol. The van der Waals surface area contributed by atoms with E-state index in [1.54, 1.807) is 11.0 Å². The highest BCUT2D eigenvalue weighted by molar-refractivity contribution is 6.02. The zero-order chi connectivity index (χ0) is 17.6. The Morgan fingerprint density at radius 3 is 3.04 bits per heavy atom. The zero-order valence-corrected chi connectivity index (χ0v) is 14.9. The first-order valence-electron chi connectivity index (χ1n) is 9.28. The Balaban J connectivity index is 1.44. The van der Waals surface area contributed by atoms with Crippen molar-refractivity contribution in [2.45, 2.75) is 38.6 Å². The third kappa shape index (κ3) is 4.51. The van der Waals surface area contributed by atoms with Gasteiger partial charge in [0.05, 0.1) is 24.8 Å². The van der Waals surface area contributed by atoms with Crippen LogP contribution in [0.15, 0.2) is 24.3 Å². The van der Waals surface area contributed by atoms with Crippen molar-refractivity contribution < 1.29 is 19.2 Å². The van der Waals surface area contributed by atoms with Crippen molar-refractivity contribution >= 4 is 17.5 Å². The van der Waals surface area contributed by atoms with Crippen LogP contribution in [0, 0.1) is 0 Å². The lowest BCUT2D eigenvalue weighted by Gasteiger charge is -2.30. The van der Waals surface area contributed by atoms with Gasteiger partial charge < -0.3 is 15.0 Å². The summed E-state index contributed by atoms with van der Waals surface area (Å²) in [5.41, 5.74) is 0.667. The molecule has 136 valence electrons. The average Bonchev–Trinajstić information content (AvgIpc) is 2.62. The van der Waals surface area contributed by atoms with Gasteiger partial charge in [-0.3, -0.25) is 14.5 Å². The van der Waals surface area contributed by atoms with Gasteiger partial charge in [0.15, 0.2) is 6.61 Å². The quantitative estimate of drug-likeness (QED) is 0.732. The number of rotatable bonds is 6. The number of carbonyl (C=O) groups excluding carboxylic acids is 2. The molecule has 2 aliphatic rings. The number of carbonyl (C=O) groups is 2. The molecule has 1 saturated heterocycles. The molecule has 2 amide bonds. The third-order valence-electron chi connectivity index (χ3n) is 5.19. The van der Waals surface area contributed by atoms with Crippen LogP contribution in [0.2, 0.25) is 0 Å². The van der Waals surface area contributed by atoms with Gasteiger partial charge in [-0.1, -0.05) is 12.1 Å². The number of piperidine rings is 1. The van der Waals surface area contributed by atoms with Crippen LogP contribution in [0.1, 0.15) is 32.6 Å². The van der Waals surface area contributed by atoms with E-state index in [2.05, 4.69) is 12.2 Å². The van der Waals surface area contributed by atoms with Crippen LogP contribution >= 0.6 is 0 Å². The van der Waals surface area contributed by atoms with Gasteiger partial charge in [0.1, 0.15) is 12.3 Å². The Bertz CT molecular complexity index is 620. The second-order valence-corrected chi connectivity index (χ2v) is 6.99. The minimum Gasteiger partial charge on any atom is -0.482 e. The van der Waals surface area contributed by atoms with Crippen LogP contribution in [0.4, 0.5) is 5.69 Å². The standard InChI is InChI=1S/C19H27N3O3/c1-15-7-4-5-11-21(15)12-6-10-20-18(23)13-22-16-8-2-3-9-17(16)25-14-19(22)24/h2-3,8-9,15H,4-7,10-14H2,1H3,(H,20,23)/p+1/t15-/m0/s1. The van der Waals surface area contributed by atoms with Gasteiger partial charge >= 0.3 is 0 Å². The zero-order valence-electron chi connectivity index (χ0n) is 14.9. The number of nitrogens with zero attached hydrogens (tertiary/aromatic N) is 1. The van der Waals surface area contributed by atoms with Gasteiger partial charge in [-0.25, -0.2) is 0 Å². The van der Waals surface area contributed by atoms with Crippen LogP contribution in [0.25, 0.3) is 0 Å². The number of nitrogens with one attached hydrogen (secondary N) is 2. The number of likely N-dealkylation sites (tertiary alicyclic amines) is 1. The molecule has 0 aromatic heterocycles. The van der Waals surface area contributed by atoms with Crippen molar-refractivity contribution in [3.63, 3.8) is 0 Å². The molecule has 1 aromatic rings. The molecule has 6 nitrogen and oxygen atoms in total. The summed E-state index contributed by atoms with van der Waals surface area (Å²) in [5, 5.41) is 2.95. The Hall–Kier alpha value is -2.08. The monoisotopic (exact) mass is 346 g/mol. The lowest BCUT2D eigenvalue weighted by atomic mass is 10.0. The minimum absolute atomic E-state index is 0.0134. The van der Waals surface area contributed by atoms with Crippen molar-refractivity contribution in [3.8, 4) is 5.75 Å². The van der Waals surface area contributed by atoms with E-state index < -0.39 is 0 Å². The Labute approximate surface area is 149 Å². The summed E-state index contributed by atoms with van der Waals surface area (Å²) in [7, 11) is 0. The first-order chi connectivity index (χ1) is 12.1. The van der Waals surface area contributed by atoms with Gasteiger partial charge in [0.25, 0.3) is 5.91 Å². The van der Waals surface area contributed by atoms with Crippen LogP contribution in [0.5, 0.6) is 5.75 Å². The molecule has 2 heterocycles. The highest BCUT2D eigenvalue weighted by atomic mass is 16.5. The number of quaternary nitrogens is 1. The maximum atomic E-state index is 12.2. The Morgan fingerprint density at radius 2 is 2.20 bits per heavy atom. The summed E-state index contributed by atoms with van der Waals surface area (Å²) in [4.78, 5) is 27.5. The SMILES string of the molecule is C[C@H]1CCCC[NH+]1CCCNC(=O)CN1C(=O)COc2ccccc21. The summed E-state index contributed by atoms with van der Waals surface area (Å²) in [6.45, 7) is 5.35. The highest BCUT2D eigenvalue weighted by Gasteiger charge is 2.27. The van der Waals surface area contributed by atoms with Crippen molar-refractivity contribution in [2.75, 3.05) is 37.7 Å². The molecule has 6 heteroatoms. The minimum atomic E-state index is -0.180. The largest absolute Gasteiger partial charge is 0.482 e. The van der Waals surface area contributed by atoms with E-state index in [1.165, 1.54) is 30.7 Å². The second-order valence-electron chi connectivity index (χ2n) is 6.99. The second kappa shape index (κ2) is 8.34. The predicted octanol–water partition coefficient (Wildman–Crippen LogP) is 0.376. The van der Waals surface area contributed by atoms with Crippen LogP contribution < -0.4 is 19.9 Å². The van der Waals surface area contributed by atoms with E-state index in [-0.39, 0.29) is 25.0 Å². The molecule has 3 rings (SSSR count). The van der Waals surface area contributed by atoms with E-state index in [0.29, 0.717) is 18.0 Å². The highest BCUT2D eigenvalue weighted by Crippen LogP contribution is 2.31. The topological polar surface area (TPSA) is 63.1 Å². The summed E-state index contributed by atoms with van der Waals surface area (Å²) >= 11 is 0. The molecule has 1 aromatic carbocycles.